The van der Waals surface area contributed by atoms with Crippen molar-refractivity contribution in [3.8, 4) is 17.2 Å². The topological polar surface area (TPSA) is 90.2 Å². The molecule has 1 fully saturated rings. The molecule has 1 aliphatic rings. The second kappa shape index (κ2) is 10.1. The second-order valence-electron chi connectivity index (χ2n) is 7.38. The van der Waals surface area contributed by atoms with Crippen molar-refractivity contribution in [2.75, 3.05) is 32.4 Å². The van der Waals surface area contributed by atoms with Gasteiger partial charge in [0.1, 0.15) is 17.2 Å². The SMILES string of the molecule is COc1cc(C(=O)N2C(C(=O)Nc3ccc(F)cc3)CSC2c2ccoc2)cc(OC)c1OC. The van der Waals surface area contributed by atoms with Crippen molar-refractivity contribution in [2.45, 2.75) is 11.4 Å². The van der Waals surface area contributed by atoms with Crippen LogP contribution in [0.5, 0.6) is 17.2 Å². The molecule has 0 radical (unpaired) electrons. The Labute approximate surface area is 200 Å². The number of rotatable bonds is 7. The van der Waals surface area contributed by atoms with Gasteiger partial charge >= 0.3 is 0 Å². The number of hydrogen-bond donors (Lipinski definition) is 1. The zero-order valence-corrected chi connectivity index (χ0v) is 19.6. The van der Waals surface area contributed by atoms with Crippen LogP contribution in [0.1, 0.15) is 21.3 Å². The molecule has 3 aromatic rings. The lowest BCUT2D eigenvalue weighted by atomic mass is 10.1. The highest BCUT2D eigenvalue weighted by molar-refractivity contribution is 7.99. The Hall–Kier alpha value is -3.66. The smallest absolute Gasteiger partial charge is 0.256 e. The summed E-state index contributed by atoms with van der Waals surface area (Å²) in [6, 6.07) is 9.51. The molecule has 0 aliphatic carbocycles. The van der Waals surface area contributed by atoms with E-state index >= 15 is 0 Å². The zero-order valence-electron chi connectivity index (χ0n) is 18.7. The van der Waals surface area contributed by atoms with Gasteiger partial charge in [-0.25, -0.2) is 4.39 Å². The summed E-state index contributed by atoms with van der Waals surface area (Å²) in [5, 5.41) is 2.32. The molecule has 1 aromatic heterocycles. The number of benzene rings is 2. The first-order chi connectivity index (χ1) is 16.5. The minimum Gasteiger partial charge on any atom is -0.493 e. The van der Waals surface area contributed by atoms with Crippen molar-refractivity contribution in [1.29, 1.82) is 0 Å². The molecule has 0 spiro atoms. The van der Waals surface area contributed by atoms with Gasteiger partial charge in [0.25, 0.3) is 5.91 Å². The van der Waals surface area contributed by atoms with Crippen LogP contribution in [0.25, 0.3) is 0 Å². The minimum absolute atomic E-state index is 0.269. The predicted molar refractivity (Wildman–Crippen MR) is 125 cm³/mol. The van der Waals surface area contributed by atoms with Crippen LogP contribution in [0.15, 0.2) is 59.4 Å². The van der Waals surface area contributed by atoms with E-state index in [1.165, 1.54) is 68.5 Å². The van der Waals surface area contributed by atoms with E-state index in [4.69, 9.17) is 18.6 Å². The van der Waals surface area contributed by atoms with E-state index in [1.54, 1.807) is 24.5 Å². The molecule has 1 aliphatic heterocycles. The van der Waals surface area contributed by atoms with Crippen LogP contribution in [-0.2, 0) is 4.79 Å². The molecule has 0 saturated carbocycles. The summed E-state index contributed by atoms with van der Waals surface area (Å²) in [6.07, 6.45) is 3.07. The van der Waals surface area contributed by atoms with Gasteiger partial charge in [0.2, 0.25) is 11.7 Å². The molecule has 10 heteroatoms. The Morgan fingerprint density at radius 2 is 1.74 bits per heavy atom. The van der Waals surface area contributed by atoms with Crippen LogP contribution < -0.4 is 19.5 Å². The molecular weight excluding hydrogens is 463 g/mol. The second-order valence-corrected chi connectivity index (χ2v) is 8.49. The van der Waals surface area contributed by atoms with Gasteiger partial charge in [0.05, 0.1) is 33.9 Å². The van der Waals surface area contributed by atoms with Crippen molar-refractivity contribution >= 4 is 29.3 Å². The number of hydrogen-bond acceptors (Lipinski definition) is 7. The maximum atomic E-state index is 13.8. The number of carbonyl (C=O) groups excluding carboxylic acids is 2. The third-order valence-electron chi connectivity index (χ3n) is 5.39. The van der Waals surface area contributed by atoms with Crippen molar-refractivity contribution in [1.82, 2.24) is 4.90 Å². The molecule has 2 amide bonds. The van der Waals surface area contributed by atoms with Crippen molar-refractivity contribution in [3.63, 3.8) is 0 Å². The van der Waals surface area contributed by atoms with Gasteiger partial charge in [0, 0.05) is 22.6 Å². The lowest BCUT2D eigenvalue weighted by molar-refractivity contribution is -0.119. The number of halogens is 1. The maximum absolute atomic E-state index is 13.8. The number of furan rings is 1. The third-order valence-corrected chi connectivity index (χ3v) is 6.71. The number of anilines is 1. The highest BCUT2D eigenvalue weighted by Crippen LogP contribution is 2.44. The van der Waals surface area contributed by atoms with Gasteiger partial charge in [-0.15, -0.1) is 11.8 Å². The molecule has 1 N–H and O–H groups in total. The van der Waals surface area contributed by atoms with Crippen molar-refractivity contribution in [3.05, 3.63) is 71.9 Å². The van der Waals surface area contributed by atoms with E-state index in [-0.39, 0.29) is 11.5 Å². The van der Waals surface area contributed by atoms with E-state index in [2.05, 4.69) is 5.32 Å². The number of thioether (sulfide) groups is 1. The predicted octanol–water partition coefficient (Wildman–Crippen LogP) is 4.34. The summed E-state index contributed by atoms with van der Waals surface area (Å²) in [5.74, 6) is 0.177. The van der Waals surface area contributed by atoms with Crippen LogP contribution in [0, 0.1) is 5.82 Å². The molecule has 0 bridgehead atoms. The fourth-order valence-corrected chi connectivity index (χ4v) is 5.15. The number of amides is 2. The first-order valence-electron chi connectivity index (χ1n) is 10.3. The molecular formula is C24H23FN2O6S. The number of carbonyl (C=O) groups is 2. The summed E-state index contributed by atoms with van der Waals surface area (Å²) in [5.41, 5.74) is 1.45. The quantitative estimate of drug-likeness (QED) is 0.531. The van der Waals surface area contributed by atoms with Gasteiger partial charge < -0.3 is 28.8 Å². The third kappa shape index (κ3) is 4.54. The first-order valence-corrected chi connectivity index (χ1v) is 11.3. The summed E-state index contributed by atoms with van der Waals surface area (Å²) < 4.78 is 34.6. The van der Waals surface area contributed by atoms with E-state index in [1.807, 2.05) is 0 Å². The van der Waals surface area contributed by atoms with E-state index < -0.39 is 23.1 Å². The van der Waals surface area contributed by atoms with Crippen LogP contribution in [0.4, 0.5) is 10.1 Å². The van der Waals surface area contributed by atoms with Crippen LogP contribution in [0.3, 0.4) is 0 Å². The molecule has 1 saturated heterocycles. The first kappa shape index (κ1) is 23.5. The Bertz CT molecular complexity index is 1140. The molecule has 8 nitrogen and oxygen atoms in total. The minimum atomic E-state index is -0.790. The molecule has 2 aromatic carbocycles. The highest BCUT2D eigenvalue weighted by atomic mass is 32.2. The molecule has 2 unspecified atom stereocenters. The van der Waals surface area contributed by atoms with Crippen LogP contribution in [0.2, 0.25) is 0 Å². The summed E-state index contributed by atoms with van der Waals surface area (Å²) in [4.78, 5) is 28.5. The molecule has 2 heterocycles. The lowest BCUT2D eigenvalue weighted by Gasteiger charge is -2.29. The summed E-state index contributed by atoms with van der Waals surface area (Å²) in [6.45, 7) is 0. The van der Waals surface area contributed by atoms with Crippen LogP contribution in [-0.4, -0.2) is 49.8 Å². The number of nitrogens with one attached hydrogen (secondary N) is 1. The molecule has 178 valence electrons. The highest BCUT2D eigenvalue weighted by Gasteiger charge is 2.43. The Balaban J connectivity index is 1.70. The Kier molecular flexibility index (Phi) is 6.97. The fourth-order valence-electron chi connectivity index (χ4n) is 3.74. The van der Waals surface area contributed by atoms with Gasteiger partial charge in [-0.1, -0.05) is 0 Å². The zero-order chi connectivity index (χ0) is 24.2. The number of ether oxygens (including phenoxy) is 3. The maximum Gasteiger partial charge on any atom is 0.256 e. The standard InChI is InChI=1S/C24H23FN2O6S/c1-30-19-10-15(11-20(31-2)21(19)32-3)23(29)27-18(13-34-24(27)14-8-9-33-12-14)22(28)26-17-6-4-16(25)5-7-17/h4-12,18,24H,13H2,1-3H3,(H,26,28). The van der Waals surface area contributed by atoms with Gasteiger partial charge in [0.15, 0.2) is 11.5 Å². The van der Waals surface area contributed by atoms with E-state index in [9.17, 15) is 14.0 Å². The summed E-state index contributed by atoms with van der Waals surface area (Å²) >= 11 is 1.45. The van der Waals surface area contributed by atoms with E-state index in [0.29, 0.717) is 28.7 Å². The Morgan fingerprint density at radius 3 is 2.29 bits per heavy atom. The number of nitrogens with zero attached hydrogens (tertiary/aromatic N) is 1. The average molecular weight is 487 g/mol. The summed E-state index contributed by atoms with van der Waals surface area (Å²) in [7, 11) is 4.40. The largest absolute Gasteiger partial charge is 0.493 e. The van der Waals surface area contributed by atoms with E-state index in [0.717, 1.165) is 5.56 Å². The normalized spacial score (nSPS) is 17.4. The van der Waals surface area contributed by atoms with Gasteiger partial charge in [-0.3, -0.25) is 9.59 Å². The molecule has 4 rings (SSSR count). The molecule has 2 atom stereocenters. The Morgan fingerprint density at radius 1 is 1.06 bits per heavy atom. The monoisotopic (exact) mass is 486 g/mol. The van der Waals surface area contributed by atoms with Crippen molar-refractivity contribution < 1.29 is 32.6 Å². The lowest BCUT2D eigenvalue weighted by Crippen LogP contribution is -2.45. The fraction of sp³-hybridized carbons (Fsp3) is 0.250. The van der Waals surface area contributed by atoms with Crippen LogP contribution >= 0.6 is 11.8 Å². The van der Waals surface area contributed by atoms with Crippen molar-refractivity contribution in [2.24, 2.45) is 0 Å². The van der Waals surface area contributed by atoms with Gasteiger partial charge in [-0.2, -0.15) is 0 Å². The average Bonchev–Trinajstić information content (AvgIpc) is 3.54. The van der Waals surface area contributed by atoms with Gasteiger partial charge in [-0.05, 0) is 42.5 Å². The number of methoxy groups -OCH3 is 3. The molecule has 34 heavy (non-hydrogen) atoms.